The summed E-state index contributed by atoms with van der Waals surface area (Å²) < 4.78 is 26.7. The van der Waals surface area contributed by atoms with E-state index in [0.29, 0.717) is 40.8 Å². The van der Waals surface area contributed by atoms with Crippen LogP contribution in [0.5, 0.6) is 0 Å². The van der Waals surface area contributed by atoms with Crippen molar-refractivity contribution in [1.82, 2.24) is 15.2 Å². The summed E-state index contributed by atoms with van der Waals surface area (Å²) in [4.78, 5) is 43.9. The average Bonchev–Trinajstić information content (AvgIpc) is 2.93. The van der Waals surface area contributed by atoms with Gasteiger partial charge in [-0.25, -0.2) is 8.78 Å². The Morgan fingerprint density at radius 2 is 1.52 bits per heavy atom. The second-order valence-corrected chi connectivity index (χ2v) is 10.8. The first-order valence-electron chi connectivity index (χ1n) is 12.9. The summed E-state index contributed by atoms with van der Waals surface area (Å²) in [6.45, 7) is 1.17. The minimum Gasteiger partial charge on any atom is -0.352 e. The zero-order valence-corrected chi connectivity index (χ0v) is 22.9. The van der Waals surface area contributed by atoms with E-state index in [4.69, 9.17) is 23.2 Å². The molecule has 0 saturated carbocycles. The number of rotatable bonds is 2. The van der Waals surface area contributed by atoms with Crippen molar-refractivity contribution in [3.63, 3.8) is 0 Å². The highest BCUT2D eigenvalue weighted by Crippen LogP contribution is 2.30. The molecule has 0 unspecified atom stereocenters. The Morgan fingerprint density at radius 3 is 2.23 bits per heavy atom. The van der Waals surface area contributed by atoms with E-state index in [0.717, 1.165) is 23.1 Å². The Morgan fingerprint density at radius 1 is 0.875 bits per heavy atom. The van der Waals surface area contributed by atoms with E-state index in [1.165, 1.54) is 17.3 Å². The molecule has 0 aliphatic carbocycles. The van der Waals surface area contributed by atoms with Gasteiger partial charge < -0.3 is 15.1 Å². The molecule has 1 fully saturated rings. The summed E-state index contributed by atoms with van der Waals surface area (Å²) >= 11 is 11.8. The Bertz CT molecular complexity index is 1470. The van der Waals surface area contributed by atoms with E-state index in [9.17, 15) is 23.2 Å². The lowest BCUT2D eigenvalue weighted by Crippen LogP contribution is -2.43. The second kappa shape index (κ2) is 11.5. The fourth-order valence-electron chi connectivity index (χ4n) is 5.01. The van der Waals surface area contributed by atoms with Crippen molar-refractivity contribution < 1.29 is 23.2 Å². The van der Waals surface area contributed by atoms with Crippen LogP contribution in [0.25, 0.3) is 0 Å². The SMILES string of the molecule is O=C(c1cncc(N2CCc3cc(Cl)ccc3C2=O)c1)N1CCC(F)(F)CC1.O=C1NCCc2cc(Cl)ccc21. The van der Waals surface area contributed by atoms with Crippen molar-refractivity contribution in [3.8, 4) is 0 Å². The third-order valence-electron chi connectivity index (χ3n) is 7.20. The van der Waals surface area contributed by atoms with Crippen molar-refractivity contribution >= 4 is 46.6 Å². The van der Waals surface area contributed by atoms with Crippen LogP contribution in [0.4, 0.5) is 14.5 Å². The summed E-state index contributed by atoms with van der Waals surface area (Å²) in [7, 11) is 0. The predicted molar refractivity (Wildman–Crippen MR) is 149 cm³/mol. The quantitative estimate of drug-likeness (QED) is 0.434. The number of amides is 3. The zero-order valence-electron chi connectivity index (χ0n) is 21.4. The number of nitrogens with zero attached hydrogens (tertiary/aromatic N) is 3. The van der Waals surface area contributed by atoms with E-state index in [2.05, 4.69) is 10.3 Å². The number of likely N-dealkylation sites (tertiary alicyclic amines) is 1. The summed E-state index contributed by atoms with van der Waals surface area (Å²) in [5.41, 5.74) is 4.07. The number of anilines is 1. The standard InChI is InChI=1S/C20H18ClF2N3O2.C9H8ClNO/c21-15-1-2-17-13(9-15)3-6-26(19(17)28)16-10-14(11-24-12-16)18(27)25-7-4-20(22,23)5-8-25;10-7-1-2-8-6(5-7)3-4-11-9(8)12/h1-2,9-12H,3-8H2;1-2,5H,3-4H2,(H,11,12). The van der Waals surface area contributed by atoms with E-state index >= 15 is 0 Å². The van der Waals surface area contributed by atoms with Crippen LogP contribution in [-0.2, 0) is 12.8 Å². The van der Waals surface area contributed by atoms with Gasteiger partial charge in [0.2, 0.25) is 0 Å². The van der Waals surface area contributed by atoms with Crippen molar-refractivity contribution in [2.24, 2.45) is 0 Å². The number of halogens is 4. The van der Waals surface area contributed by atoms with Gasteiger partial charge in [0.1, 0.15) is 0 Å². The molecule has 3 aliphatic heterocycles. The summed E-state index contributed by atoms with van der Waals surface area (Å²) in [6, 6.07) is 12.1. The largest absolute Gasteiger partial charge is 0.352 e. The number of carbonyl (C=O) groups excluding carboxylic acids is 3. The molecule has 0 atom stereocenters. The predicted octanol–water partition coefficient (Wildman–Crippen LogP) is 5.44. The smallest absolute Gasteiger partial charge is 0.258 e. The molecule has 3 aliphatic rings. The van der Waals surface area contributed by atoms with Crippen molar-refractivity contribution in [2.75, 3.05) is 31.1 Å². The Hall–Kier alpha value is -3.56. The van der Waals surface area contributed by atoms with Gasteiger partial charge in [-0.1, -0.05) is 23.2 Å². The van der Waals surface area contributed by atoms with Crippen LogP contribution in [0.1, 0.15) is 55.0 Å². The molecule has 2 aromatic carbocycles. The topological polar surface area (TPSA) is 82.6 Å². The van der Waals surface area contributed by atoms with Crippen molar-refractivity contribution in [3.05, 3.63) is 92.7 Å². The van der Waals surface area contributed by atoms with Crippen LogP contribution in [0, 0.1) is 0 Å². The van der Waals surface area contributed by atoms with Gasteiger partial charge >= 0.3 is 0 Å². The van der Waals surface area contributed by atoms with Gasteiger partial charge in [0, 0.05) is 66.4 Å². The maximum Gasteiger partial charge on any atom is 0.258 e. The second-order valence-electron chi connectivity index (χ2n) is 9.90. The molecule has 1 aromatic heterocycles. The van der Waals surface area contributed by atoms with Gasteiger partial charge in [-0.15, -0.1) is 0 Å². The third kappa shape index (κ3) is 6.10. The number of hydrogen-bond acceptors (Lipinski definition) is 4. The van der Waals surface area contributed by atoms with Gasteiger partial charge in [0.05, 0.1) is 17.4 Å². The minimum atomic E-state index is -2.71. The number of carbonyl (C=O) groups is 3. The number of aromatic nitrogens is 1. The van der Waals surface area contributed by atoms with E-state index in [-0.39, 0.29) is 49.2 Å². The molecular weight excluding hydrogens is 561 g/mol. The molecule has 7 nitrogen and oxygen atoms in total. The molecule has 3 aromatic rings. The maximum atomic E-state index is 13.3. The lowest BCUT2D eigenvalue weighted by atomic mass is 9.98. The lowest BCUT2D eigenvalue weighted by Gasteiger charge is -2.32. The van der Waals surface area contributed by atoms with E-state index in [1.807, 2.05) is 6.07 Å². The summed E-state index contributed by atoms with van der Waals surface area (Å²) in [5.74, 6) is -3.23. The molecule has 1 N–H and O–H groups in total. The normalized spacial score (nSPS) is 17.7. The molecule has 1 saturated heterocycles. The Balaban J connectivity index is 0.000000223. The molecule has 0 bridgehead atoms. The van der Waals surface area contributed by atoms with Crippen LogP contribution in [0.3, 0.4) is 0 Å². The van der Waals surface area contributed by atoms with E-state index in [1.54, 1.807) is 41.3 Å². The molecule has 0 spiro atoms. The minimum absolute atomic E-state index is 0.00679. The first-order chi connectivity index (χ1) is 19.1. The maximum absolute atomic E-state index is 13.3. The fourth-order valence-corrected chi connectivity index (χ4v) is 5.40. The molecule has 40 heavy (non-hydrogen) atoms. The number of nitrogens with one attached hydrogen (secondary N) is 1. The highest BCUT2D eigenvalue weighted by molar-refractivity contribution is 6.31. The number of benzene rings is 2. The van der Waals surface area contributed by atoms with Gasteiger partial charge in [-0.05, 0) is 66.4 Å². The highest BCUT2D eigenvalue weighted by Gasteiger charge is 2.36. The first kappa shape index (κ1) is 28.0. The molecular formula is C29H26Cl2F2N4O3. The van der Waals surface area contributed by atoms with Crippen LogP contribution >= 0.6 is 23.2 Å². The number of alkyl halides is 2. The van der Waals surface area contributed by atoms with Gasteiger partial charge in [0.25, 0.3) is 23.6 Å². The molecule has 3 amide bonds. The van der Waals surface area contributed by atoms with Gasteiger partial charge in [-0.2, -0.15) is 0 Å². The van der Waals surface area contributed by atoms with Gasteiger partial charge in [-0.3, -0.25) is 19.4 Å². The fraction of sp³-hybridized carbons (Fsp3) is 0.310. The number of hydrogen-bond donors (Lipinski definition) is 1. The molecule has 208 valence electrons. The molecule has 6 rings (SSSR count). The van der Waals surface area contributed by atoms with Crippen molar-refractivity contribution in [1.29, 1.82) is 0 Å². The van der Waals surface area contributed by atoms with Crippen LogP contribution < -0.4 is 10.2 Å². The monoisotopic (exact) mass is 586 g/mol. The average molecular weight is 587 g/mol. The number of piperidine rings is 1. The summed E-state index contributed by atoms with van der Waals surface area (Å²) in [5, 5.41) is 4.06. The highest BCUT2D eigenvalue weighted by atomic mass is 35.5. The Kier molecular flexibility index (Phi) is 8.05. The van der Waals surface area contributed by atoms with Crippen LogP contribution in [0.15, 0.2) is 54.9 Å². The van der Waals surface area contributed by atoms with Crippen molar-refractivity contribution in [2.45, 2.75) is 31.6 Å². The number of fused-ring (bicyclic) bond motifs is 2. The zero-order chi connectivity index (χ0) is 28.4. The van der Waals surface area contributed by atoms with Gasteiger partial charge in [0.15, 0.2) is 0 Å². The molecule has 4 heterocycles. The first-order valence-corrected chi connectivity index (χ1v) is 13.7. The lowest BCUT2D eigenvalue weighted by molar-refractivity contribution is -0.0494. The Labute approximate surface area is 240 Å². The summed E-state index contributed by atoms with van der Waals surface area (Å²) in [6.07, 6.45) is 3.77. The van der Waals surface area contributed by atoms with Crippen LogP contribution in [0.2, 0.25) is 10.0 Å². The number of pyridine rings is 1. The van der Waals surface area contributed by atoms with E-state index < -0.39 is 5.92 Å². The molecule has 0 radical (unpaired) electrons. The molecule has 11 heteroatoms. The third-order valence-corrected chi connectivity index (χ3v) is 7.67. The van der Waals surface area contributed by atoms with Crippen LogP contribution in [-0.4, -0.2) is 59.7 Å².